The first kappa shape index (κ1) is 25.8. The number of fused-ring (bicyclic) bond motifs is 4. The number of anilines is 3. The van der Waals surface area contributed by atoms with Gasteiger partial charge in [0.1, 0.15) is 17.3 Å². The Morgan fingerprint density at radius 3 is 2.77 bits per heavy atom. The maximum atomic E-state index is 6.43. The first-order valence-corrected chi connectivity index (χ1v) is 16.1. The molecule has 0 amide bonds. The van der Waals surface area contributed by atoms with Crippen molar-refractivity contribution in [1.82, 2.24) is 4.90 Å². The van der Waals surface area contributed by atoms with E-state index in [0.29, 0.717) is 0 Å². The van der Waals surface area contributed by atoms with Crippen molar-refractivity contribution >= 4 is 17.1 Å². The molecule has 2 aromatic carbocycles. The van der Waals surface area contributed by atoms with E-state index in [2.05, 4.69) is 126 Å². The van der Waals surface area contributed by atoms with Crippen LogP contribution >= 0.6 is 0 Å². The van der Waals surface area contributed by atoms with Crippen LogP contribution in [-0.2, 0) is 10.2 Å². The highest BCUT2D eigenvalue weighted by atomic mass is 16.5. The minimum absolute atomic E-state index is 0.187. The fraction of sp³-hybridized carbons (Fsp3) is 0.282. The molecular formula is C39H37N3O2. The summed E-state index contributed by atoms with van der Waals surface area (Å²) in [6, 6.07) is 15.8. The topological polar surface area (TPSA) is 37.0 Å². The Kier molecular flexibility index (Phi) is 5.68. The number of nitrogens with zero attached hydrogens (tertiary/aromatic N) is 2. The van der Waals surface area contributed by atoms with Crippen LogP contribution in [0.3, 0.4) is 0 Å². The van der Waals surface area contributed by atoms with Gasteiger partial charge in [-0.15, -0.1) is 0 Å². The molecule has 5 nitrogen and oxygen atoms in total. The van der Waals surface area contributed by atoms with Gasteiger partial charge in [0.05, 0.1) is 29.2 Å². The van der Waals surface area contributed by atoms with Gasteiger partial charge < -0.3 is 24.6 Å². The number of hydrogen-bond acceptors (Lipinski definition) is 5. The number of ether oxygens (including phenoxy) is 2. The largest absolute Gasteiger partial charge is 0.458 e. The van der Waals surface area contributed by atoms with E-state index in [9.17, 15) is 0 Å². The SMILES string of the molecule is CC1(C)C2=CC(N3C4=C(C=CCC4)OC4=CC=CCC43)CC=C2Nc2ccc(N3C4=C(CCC=C4)Oc4ccccc43)cc21. The maximum Gasteiger partial charge on any atom is 0.151 e. The average Bonchev–Trinajstić information content (AvgIpc) is 3.06. The zero-order chi connectivity index (χ0) is 29.4. The molecule has 2 atom stereocenters. The van der Waals surface area contributed by atoms with Gasteiger partial charge >= 0.3 is 0 Å². The molecule has 0 aromatic heterocycles. The summed E-state index contributed by atoms with van der Waals surface area (Å²) in [5, 5.41) is 3.83. The van der Waals surface area contributed by atoms with E-state index in [1.807, 2.05) is 0 Å². The van der Waals surface area contributed by atoms with Crippen molar-refractivity contribution in [2.75, 3.05) is 10.2 Å². The van der Waals surface area contributed by atoms with E-state index in [1.165, 1.54) is 28.2 Å². The summed E-state index contributed by atoms with van der Waals surface area (Å²) in [4.78, 5) is 5.06. The molecule has 220 valence electrons. The zero-order valence-corrected chi connectivity index (χ0v) is 25.3. The number of nitrogens with one attached hydrogen (secondary N) is 1. The van der Waals surface area contributed by atoms with Gasteiger partial charge in [0.15, 0.2) is 5.75 Å². The molecule has 5 heteroatoms. The molecule has 7 aliphatic rings. The van der Waals surface area contributed by atoms with Crippen LogP contribution in [0.2, 0.25) is 0 Å². The average molecular weight is 580 g/mol. The van der Waals surface area contributed by atoms with E-state index in [-0.39, 0.29) is 17.5 Å². The maximum absolute atomic E-state index is 6.43. The van der Waals surface area contributed by atoms with Gasteiger partial charge in [-0.05, 0) is 91.8 Å². The second-order valence-electron chi connectivity index (χ2n) is 13.1. The van der Waals surface area contributed by atoms with E-state index < -0.39 is 0 Å². The minimum Gasteiger partial charge on any atom is -0.458 e. The first-order valence-electron chi connectivity index (χ1n) is 16.1. The van der Waals surface area contributed by atoms with Crippen LogP contribution in [0.25, 0.3) is 0 Å². The molecule has 1 N–H and O–H groups in total. The summed E-state index contributed by atoms with van der Waals surface area (Å²) >= 11 is 0. The molecule has 0 fully saturated rings. The first-order chi connectivity index (χ1) is 21.6. The minimum atomic E-state index is -0.187. The highest BCUT2D eigenvalue weighted by Crippen LogP contribution is 2.51. The Hall–Kier alpha value is -4.64. The van der Waals surface area contributed by atoms with Crippen LogP contribution in [0.5, 0.6) is 5.75 Å². The molecule has 3 heterocycles. The molecule has 3 aliphatic heterocycles. The quantitative estimate of drug-likeness (QED) is 0.384. The highest BCUT2D eigenvalue weighted by Gasteiger charge is 2.42. The van der Waals surface area contributed by atoms with Crippen molar-refractivity contribution in [3.05, 3.63) is 143 Å². The Labute approximate surface area is 259 Å². The third kappa shape index (κ3) is 3.84. The fourth-order valence-electron chi connectivity index (χ4n) is 8.02. The molecular weight excluding hydrogens is 542 g/mol. The van der Waals surface area contributed by atoms with Gasteiger partial charge in [-0.3, -0.25) is 0 Å². The summed E-state index contributed by atoms with van der Waals surface area (Å²) < 4.78 is 12.8. The van der Waals surface area contributed by atoms with Crippen molar-refractivity contribution in [2.45, 2.75) is 69.9 Å². The predicted molar refractivity (Wildman–Crippen MR) is 176 cm³/mol. The Morgan fingerprint density at radius 1 is 0.932 bits per heavy atom. The monoisotopic (exact) mass is 579 g/mol. The number of allylic oxidation sites excluding steroid dienone is 9. The standard InChI is InChI=1S/C39H37N3O2/c1-39(2)27-23-25(41-31-11-3-7-15-35(31)43-36-16-8-4-12-32(36)41)19-21-29(27)40-30-22-20-26(24-28(30)39)42-33-13-5-9-17-37(33)44-38-18-10-6-14-34(38)42/h3-5,7,9-12,15,17-19,21-24,26,33,40H,6,8,13-14,16,20H2,1-2H3. The van der Waals surface area contributed by atoms with Crippen molar-refractivity contribution in [3.8, 4) is 5.75 Å². The molecule has 0 radical (unpaired) electrons. The lowest BCUT2D eigenvalue weighted by molar-refractivity contribution is 0.117. The van der Waals surface area contributed by atoms with E-state index >= 15 is 0 Å². The second kappa shape index (κ2) is 9.68. The molecule has 9 rings (SSSR count). The van der Waals surface area contributed by atoms with E-state index in [1.54, 1.807) is 0 Å². The van der Waals surface area contributed by atoms with Crippen LogP contribution in [-0.4, -0.2) is 17.0 Å². The Morgan fingerprint density at radius 2 is 1.82 bits per heavy atom. The van der Waals surface area contributed by atoms with Crippen molar-refractivity contribution < 1.29 is 9.47 Å². The van der Waals surface area contributed by atoms with Crippen LogP contribution in [0.4, 0.5) is 17.1 Å². The number of para-hydroxylation sites is 2. The zero-order valence-electron chi connectivity index (χ0n) is 25.3. The third-order valence-electron chi connectivity index (χ3n) is 10.2. The normalized spacial score (nSPS) is 25.5. The van der Waals surface area contributed by atoms with Gasteiger partial charge in [0.25, 0.3) is 0 Å². The molecule has 2 aromatic rings. The Bertz CT molecular complexity index is 1850. The lowest BCUT2D eigenvalue weighted by Gasteiger charge is -2.48. The van der Waals surface area contributed by atoms with E-state index in [0.717, 1.165) is 78.6 Å². The summed E-state index contributed by atoms with van der Waals surface area (Å²) in [6.07, 6.45) is 26.4. The number of rotatable bonds is 2. The summed E-state index contributed by atoms with van der Waals surface area (Å²) in [7, 11) is 0. The van der Waals surface area contributed by atoms with Crippen LogP contribution in [0.1, 0.15) is 57.9 Å². The molecule has 0 saturated heterocycles. The van der Waals surface area contributed by atoms with Crippen molar-refractivity contribution in [2.24, 2.45) is 0 Å². The lowest BCUT2D eigenvalue weighted by atomic mass is 9.70. The van der Waals surface area contributed by atoms with Gasteiger partial charge in [-0.1, -0.05) is 62.4 Å². The molecule has 4 aliphatic carbocycles. The molecule has 0 saturated carbocycles. The van der Waals surface area contributed by atoms with Crippen LogP contribution in [0, 0.1) is 0 Å². The summed E-state index contributed by atoms with van der Waals surface area (Å²) in [6.45, 7) is 4.78. The summed E-state index contributed by atoms with van der Waals surface area (Å²) in [5.74, 6) is 4.06. The molecule has 0 spiro atoms. The van der Waals surface area contributed by atoms with Gasteiger partial charge in [-0.25, -0.2) is 0 Å². The van der Waals surface area contributed by atoms with Crippen LogP contribution < -0.4 is 15.0 Å². The lowest BCUT2D eigenvalue weighted by Crippen LogP contribution is -2.48. The highest BCUT2D eigenvalue weighted by molar-refractivity contribution is 5.81. The van der Waals surface area contributed by atoms with Crippen LogP contribution in [0.15, 0.2) is 137 Å². The fourth-order valence-corrected chi connectivity index (χ4v) is 8.02. The predicted octanol–water partition coefficient (Wildman–Crippen LogP) is 9.17. The van der Waals surface area contributed by atoms with Crippen molar-refractivity contribution in [3.63, 3.8) is 0 Å². The molecule has 44 heavy (non-hydrogen) atoms. The van der Waals surface area contributed by atoms with E-state index in [4.69, 9.17) is 9.47 Å². The third-order valence-corrected chi connectivity index (χ3v) is 10.2. The van der Waals surface area contributed by atoms with Crippen molar-refractivity contribution in [1.29, 1.82) is 0 Å². The number of benzene rings is 2. The smallest absolute Gasteiger partial charge is 0.151 e. The van der Waals surface area contributed by atoms with Gasteiger partial charge in [0, 0.05) is 28.9 Å². The number of hydrogen-bond donors (Lipinski definition) is 1. The second-order valence-corrected chi connectivity index (χ2v) is 13.1. The van der Waals surface area contributed by atoms with Gasteiger partial charge in [0.2, 0.25) is 0 Å². The van der Waals surface area contributed by atoms with Gasteiger partial charge in [-0.2, -0.15) is 0 Å². The molecule has 2 unspecified atom stereocenters. The Balaban J connectivity index is 1.12. The summed E-state index contributed by atoms with van der Waals surface area (Å²) in [5.41, 5.74) is 9.66. The molecule has 0 bridgehead atoms.